The number of carbonyl (C=O) groups is 1. The molecule has 0 amide bonds. The van der Waals surface area contributed by atoms with Crippen LogP contribution in [0, 0.1) is 0 Å². The monoisotopic (exact) mass is 168 g/mol. The zero-order valence-corrected chi connectivity index (χ0v) is 4.46. The van der Waals surface area contributed by atoms with Gasteiger partial charge in [-0.2, -0.15) is 8.42 Å². The minimum absolute atomic E-state index is 0. The number of rotatable bonds is 1. The van der Waals surface area contributed by atoms with Crippen molar-refractivity contribution in [3.8, 4) is 0 Å². The fourth-order valence-electron chi connectivity index (χ4n) is 0. The Hall–Kier alpha value is 0.500. The Balaban J connectivity index is -0.000000109. The van der Waals surface area contributed by atoms with Crippen LogP contribution < -0.4 is 0 Å². The van der Waals surface area contributed by atoms with Gasteiger partial charge in [0.25, 0.3) is 0 Å². The second-order valence-electron chi connectivity index (χ2n) is 0.502. The van der Waals surface area contributed by atoms with Crippen LogP contribution >= 0.6 is 0 Å². The molecule has 0 aromatic carbocycles. The van der Waals surface area contributed by atoms with Crippen LogP contribution in [0.5, 0.6) is 0 Å². The third kappa shape index (κ3) is 29.3. The molecule has 0 rings (SSSR count). The predicted octanol–water partition coefficient (Wildman–Crippen LogP) is -1.55. The van der Waals surface area contributed by atoms with E-state index in [1.807, 2.05) is 6.79 Å². The van der Waals surface area contributed by atoms with Crippen molar-refractivity contribution < 1.29 is 27.4 Å². The first-order valence-electron chi connectivity index (χ1n) is 1.15. The van der Waals surface area contributed by atoms with Gasteiger partial charge in [-0.25, -0.2) is 5.26 Å². The van der Waals surface area contributed by atoms with Crippen molar-refractivity contribution in [3.05, 3.63) is 0 Å². The van der Waals surface area contributed by atoms with Gasteiger partial charge in [0, 0.05) is 0 Å². The number of hydrogen-bond donors (Lipinski definition) is 2. The van der Waals surface area contributed by atoms with E-state index in [2.05, 4.69) is 4.33 Å². The van der Waals surface area contributed by atoms with Gasteiger partial charge in [-0.3, -0.25) is 4.55 Å². The maximum absolute atomic E-state index is 9.08. The van der Waals surface area contributed by atoms with Crippen molar-refractivity contribution in [1.82, 2.24) is 0 Å². The molecule has 0 saturated carbocycles. The van der Waals surface area contributed by atoms with Crippen LogP contribution in [0.2, 0.25) is 0 Å². The third-order valence-electron chi connectivity index (χ3n) is 0.0942. The topological polar surface area (TPSA) is 101 Å². The van der Waals surface area contributed by atoms with Crippen LogP contribution in [-0.2, 0) is 19.5 Å². The van der Waals surface area contributed by atoms with E-state index in [4.69, 9.17) is 23.0 Å². The summed E-state index contributed by atoms with van der Waals surface area (Å²) in [5, 5.41) is 7.06. The van der Waals surface area contributed by atoms with Crippen molar-refractivity contribution in [3.63, 3.8) is 0 Å². The summed E-state index contributed by atoms with van der Waals surface area (Å²) in [6.07, 6.45) is 0. The van der Waals surface area contributed by atoms with E-state index in [0.717, 1.165) is 0 Å². The van der Waals surface area contributed by atoms with Crippen molar-refractivity contribution >= 4 is 46.7 Å². The SMILES string of the molecule is C=O.O=S(=O)(O)OO.[NaH]. The molecular formula is CH5NaO6S. The maximum atomic E-state index is 9.08. The minimum atomic E-state index is -4.61. The van der Waals surface area contributed by atoms with Crippen LogP contribution in [-0.4, -0.2) is 54.6 Å². The Morgan fingerprint density at radius 2 is 1.44 bits per heavy atom. The first-order valence-corrected chi connectivity index (χ1v) is 2.52. The average molecular weight is 168 g/mol. The third-order valence-corrected chi connectivity index (χ3v) is 0.283. The van der Waals surface area contributed by atoms with Gasteiger partial charge in [-0.05, 0) is 0 Å². The Bertz CT molecular complexity index is 126. The summed E-state index contributed by atoms with van der Waals surface area (Å²) < 4.78 is 28.0. The molecule has 9 heavy (non-hydrogen) atoms. The van der Waals surface area contributed by atoms with Crippen LogP contribution in [0.4, 0.5) is 0 Å². The molecule has 0 atom stereocenters. The van der Waals surface area contributed by atoms with Gasteiger partial charge < -0.3 is 4.79 Å². The predicted molar refractivity (Wildman–Crippen MR) is 29.5 cm³/mol. The fourth-order valence-corrected chi connectivity index (χ4v) is 0. The van der Waals surface area contributed by atoms with Crippen molar-refractivity contribution in [2.75, 3.05) is 0 Å². The van der Waals surface area contributed by atoms with Crippen molar-refractivity contribution in [1.29, 1.82) is 0 Å². The van der Waals surface area contributed by atoms with E-state index in [-0.39, 0.29) is 29.6 Å². The van der Waals surface area contributed by atoms with Gasteiger partial charge in [0.15, 0.2) is 0 Å². The van der Waals surface area contributed by atoms with Gasteiger partial charge >= 0.3 is 40.0 Å². The summed E-state index contributed by atoms with van der Waals surface area (Å²) in [5.74, 6) is 0. The molecule has 0 aromatic heterocycles. The molecule has 0 fully saturated rings. The van der Waals surface area contributed by atoms with E-state index >= 15 is 0 Å². The normalized spacial score (nSPS) is 8.22. The Labute approximate surface area is 74.0 Å². The molecule has 0 bridgehead atoms. The molecule has 0 aliphatic heterocycles. The summed E-state index contributed by atoms with van der Waals surface area (Å²) in [6.45, 7) is 2.00. The second-order valence-corrected chi connectivity index (χ2v) is 1.51. The van der Waals surface area contributed by atoms with Crippen LogP contribution in [0.15, 0.2) is 0 Å². The van der Waals surface area contributed by atoms with Gasteiger partial charge in [-0.15, -0.1) is 0 Å². The van der Waals surface area contributed by atoms with Crippen molar-refractivity contribution in [2.24, 2.45) is 0 Å². The average Bonchev–Trinajstić information content (AvgIpc) is 1.71. The molecule has 2 N–H and O–H groups in total. The van der Waals surface area contributed by atoms with Crippen LogP contribution in [0.3, 0.4) is 0 Å². The molecule has 0 spiro atoms. The molecule has 0 aromatic rings. The molecule has 0 saturated heterocycles. The number of hydrogen-bond acceptors (Lipinski definition) is 5. The summed E-state index contributed by atoms with van der Waals surface area (Å²) in [4.78, 5) is 8.00. The summed E-state index contributed by atoms with van der Waals surface area (Å²) in [5.41, 5.74) is 0. The summed E-state index contributed by atoms with van der Waals surface area (Å²) in [7, 11) is -4.61. The summed E-state index contributed by atoms with van der Waals surface area (Å²) >= 11 is 0. The molecule has 52 valence electrons. The number of carbonyl (C=O) groups excluding carboxylic acids is 1. The Morgan fingerprint density at radius 3 is 1.44 bits per heavy atom. The van der Waals surface area contributed by atoms with Crippen molar-refractivity contribution in [2.45, 2.75) is 0 Å². The van der Waals surface area contributed by atoms with Crippen LogP contribution in [0.1, 0.15) is 0 Å². The molecule has 0 radical (unpaired) electrons. The van der Waals surface area contributed by atoms with Crippen LogP contribution in [0.25, 0.3) is 0 Å². The van der Waals surface area contributed by atoms with Gasteiger partial charge in [0.2, 0.25) is 0 Å². The van der Waals surface area contributed by atoms with E-state index in [0.29, 0.717) is 0 Å². The zero-order chi connectivity index (χ0) is 7.21. The van der Waals surface area contributed by atoms with Gasteiger partial charge in [0.1, 0.15) is 6.79 Å². The Kier molecular flexibility index (Phi) is 15.3. The molecular weight excluding hydrogens is 163 g/mol. The molecule has 6 nitrogen and oxygen atoms in total. The fraction of sp³-hybridized carbons (Fsp3) is 0. The quantitative estimate of drug-likeness (QED) is 0.212. The van der Waals surface area contributed by atoms with Gasteiger partial charge in [0.05, 0.1) is 0 Å². The second kappa shape index (κ2) is 8.50. The molecule has 0 aliphatic rings. The summed E-state index contributed by atoms with van der Waals surface area (Å²) in [6, 6.07) is 0. The van der Waals surface area contributed by atoms with E-state index in [9.17, 15) is 0 Å². The molecule has 0 heterocycles. The zero-order valence-electron chi connectivity index (χ0n) is 3.64. The molecule has 8 heteroatoms. The molecule has 0 aliphatic carbocycles. The first kappa shape index (κ1) is 16.2. The van der Waals surface area contributed by atoms with E-state index in [1.165, 1.54) is 0 Å². The van der Waals surface area contributed by atoms with E-state index < -0.39 is 10.4 Å². The van der Waals surface area contributed by atoms with Gasteiger partial charge in [-0.1, -0.05) is 4.33 Å². The molecule has 0 unspecified atom stereocenters. The first-order chi connectivity index (χ1) is 3.56. The van der Waals surface area contributed by atoms with E-state index in [1.54, 1.807) is 0 Å². The Morgan fingerprint density at radius 1 is 1.33 bits per heavy atom. The standard InChI is InChI=1S/CH2O.Na.H2O5S.H/c1-2;;1-5-6(2,3)4;/h1H2;;1H,(H,2,3,4);.